The van der Waals surface area contributed by atoms with Crippen molar-refractivity contribution in [3.63, 3.8) is 0 Å². The molecule has 2 aromatic heterocycles. The number of carbonyl (C=O) groups is 1. The predicted octanol–water partition coefficient (Wildman–Crippen LogP) is 4.04. The van der Waals surface area contributed by atoms with Crippen LogP contribution in [0.5, 0.6) is 0 Å². The molecule has 1 amide bonds. The van der Waals surface area contributed by atoms with Gasteiger partial charge in [0.1, 0.15) is 0 Å². The highest BCUT2D eigenvalue weighted by atomic mass is 16.2. The second-order valence-corrected chi connectivity index (χ2v) is 8.44. The minimum Gasteiger partial charge on any atom is -0.370 e. The monoisotopic (exact) mass is 386 g/mol. The molecule has 5 rings (SSSR count). The van der Waals surface area contributed by atoms with Crippen molar-refractivity contribution in [2.75, 3.05) is 24.5 Å². The lowest BCUT2D eigenvalue weighted by Gasteiger charge is -2.49. The van der Waals surface area contributed by atoms with E-state index >= 15 is 0 Å². The van der Waals surface area contributed by atoms with E-state index in [2.05, 4.69) is 39.1 Å². The lowest BCUT2D eigenvalue weighted by Crippen LogP contribution is -2.54. The summed E-state index contributed by atoms with van der Waals surface area (Å²) in [6.45, 7) is 3.48. The van der Waals surface area contributed by atoms with Crippen LogP contribution in [0.4, 0.5) is 5.69 Å². The Hall–Kier alpha value is -2.95. The maximum Gasteiger partial charge on any atom is 0.222 e. The third-order valence-corrected chi connectivity index (χ3v) is 6.46. The van der Waals surface area contributed by atoms with E-state index in [0.29, 0.717) is 13.0 Å². The molecule has 1 unspecified atom stereocenters. The predicted molar refractivity (Wildman–Crippen MR) is 115 cm³/mol. The zero-order valence-corrected chi connectivity index (χ0v) is 16.6. The fourth-order valence-electron chi connectivity index (χ4n) is 5.04. The number of fused-ring (bicyclic) bond motifs is 1. The molecule has 0 N–H and O–H groups in total. The van der Waals surface area contributed by atoms with Gasteiger partial charge in [-0.25, -0.2) is 0 Å². The second-order valence-electron chi connectivity index (χ2n) is 8.44. The summed E-state index contributed by atoms with van der Waals surface area (Å²) < 4.78 is 0. The van der Waals surface area contributed by atoms with Gasteiger partial charge >= 0.3 is 0 Å². The first-order valence-electron chi connectivity index (χ1n) is 10.5. The minimum absolute atomic E-state index is 0.158. The number of aromatic nitrogens is 2. The van der Waals surface area contributed by atoms with E-state index in [4.69, 9.17) is 0 Å². The average molecular weight is 386 g/mol. The van der Waals surface area contributed by atoms with Gasteiger partial charge in [-0.05, 0) is 43.5 Å². The molecule has 0 bridgehead atoms. The first kappa shape index (κ1) is 18.1. The van der Waals surface area contributed by atoms with Crippen molar-refractivity contribution in [2.45, 2.75) is 32.2 Å². The maximum absolute atomic E-state index is 12.6. The summed E-state index contributed by atoms with van der Waals surface area (Å²) in [4.78, 5) is 26.1. The topological polar surface area (TPSA) is 49.3 Å². The molecule has 0 saturated carbocycles. The number of hydrogen-bond donors (Lipinski definition) is 0. The van der Waals surface area contributed by atoms with Crippen LogP contribution in [0.1, 0.15) is 31.4 Å². The van der Waals surface area contributed by atoms with E-state index in [1.165, 1.54) is 17.5 Å². The summed E-state index contributed by atoms with van der Waals surface area (Å²) >= 11 is 0. The number of carbonyl (C=O) groups excluding carboxylic acids is 1. The molecule has 4 heterocycles. The summed E-state index contributed by atoms with van der Waals surface area (Å²) in [7, 11) is 0. The van der Waals surface area contributed by atoms with Gasteiger partial charge in [0, 0.05) is 54.9 Å². The quantitative estimate of drug-likeness (QED) is 0.682. The Labute approximate surface area is 171 Å². The molecule has 1 spiro atoms. The lowest BCUT2D eigenvalue weighted by atomic mass is 9.73. The molecule has 3 aromatic rings. The molecule has 29 heavy (non-hydrogen) atoms. The van der Waals surface area contributed by atoms with Crippen molar-refractivity contribution in [1.82, 2.24) is 14.9 Å². The first-order valence-corrected chi connectivity index (χ1v) is 10.5. The molecule has 1 aromatic carbocycles. The Bertz CT molecular complexity index is 1020. The van der Waals surface area contributed by atoms with Crippen LogP contribution in [0.2, 0.25) is 0 Å². The molecule has 5 nitrogen and oxygen atoms in total. The van der Waals surface area contributed by atoms with E-state index in [0.717, 1.165) is 43.7 Å². The fraction of sp³-hybridized carbons (Fsp3) is 0.375. The van der Waals surface area contributed by atoms with Crippen LogP contribution in [0.3, 0.4) is 0 Å². The van der Waals surface area contributed by atoms with Gasteiger partial charge in [-0.15, -0.1) is 0 Å². The van der Waals surface area contributed by atoms with E-state index in [1.807, 2.05) is 35.4 Å². The number of likely N-dealkylation sites (tertiary alicyclic amines) is 1. The molecule has 2 aliphatic heterocycles. The molecule has 1 atom stereocenters. The molecule has 5 heteroatoms. The number of anilines is 1. The maximum atomic E-state index is 12.6. The third-order valence-electron chi connectivity index (χ3n) is 6.46. The Balaban J connectivity index is 1.39. The second kappa shape index (κ2) is 7.47. The largest absolute Gasteiger partial charge is 0.370 e. The van der Waals surface area contributed by atoms with Crippen molar-refractivity contribution in [2.24, 2.45) is 5.41 Å². The molecule has 0 radical (unpaired) electrons. The Morgan fingerprint density at radius 1 is 0.931 bits per heavy atom. The van der Waals surface area contributed by atoms with Gasteiger partial charge in [0.25, 0.3) is 0 Å². The number of hydrogen-bond acceptors (Lipinski definition) is 4. The summed E-state index contributed by atoms with van der Waals surface area (Å²) in [5, 5.41) is 1.21. The number of pyridine rings is 2. The molecule has 2 fully saturated rings. The Morgan fingerprint density at radius 3 is 2.72 bits per heavy atom. The third kappa shape index (κ3) is 3.57. The summed E-state index contributed by atoms with van der Waals surface area (Å²) in [5.74, 6) is 0.257. The zero-order chi connectivity index (χ0) is 19.7. The van der Waals surface area contributed by atoms with Crippen LogP contribution in [0.25, 0.3) is 10.9 Å². The van der Waals surface area contributed by atoms with Gasteiger partial charge in [-0.2, -0.15) is 0 Å². The van der Waals surface area contributed by atoms with Gasteiger partial charge in [0.2, 0.25) is 5.91 Å². The normalized spacial score (nSPS) is 22.4. The number of nitrogens with zero attached hydrogens (tertiary/aromatic N) is 4. The minimum atomic E-state index is 0.158. The van der Waals surface area contributed by atoms with Crippen LogP contribution in [-0.2, 0) is 11.3 Å². The highest BCUT2D eigenvalue weighted by Gasteiger charge is 2.42. The van der Waals surface area contributed by atoms with E-state index in [9.17, 15) is 4.79 Å². The van der Waals surface area contributed by atoms with Crippen LogP contribution in [-0.4, -0.2) is 40.4 Å². The molecule has 148 valence electrons. The van der Waals surface area contributed by atoms with Crippen molar-refractivity contribution < 1.29 is 4.79 Å². The van der Waals surface area contributed by atoms with Gasteiger partial charge in [0.05, 0.1) is 17.8 Å². The zero-order valence-electron chi connectivity index (χ0n) is 16.6. The number of benzene rings is 1. The number of rotatable bonds is 3. The lowest BCUT2D eigenvalue weighted by molar-refractivity contribution is -0.138. The smallest absolute Gasteiger partial charge is 0.222 e. The average Bonchev–Trinajstić information content (AvgIpc) is 2.77. The highest BCUT2D eigenvalue weighted by Crippen LogP contribution is 2.41. The molecular weight excluding hydrogens is 360 g/mol. The van der Waals surface area contributed by atoms with E-state index in [-0.39, 0.29) is 11.3 Å². The van der Waals surface area contributed by atoms with E-state index < -0.39 is 0 Å². The summed E-state index contributed by atoms with van der Waals surface area (Å²) in [6, 6.07) is 16.4. The standard InChI is InChI=1S/C24H26N4O/c29-23-9-12-24(18-28(23)16-19-6-3-4-13-25-19)11-5-15-27(17-24)22-10-14-26-21-8-2-1-7-20(21)22/h1-4,6-8,10,13-14H,5,9,11-12,15-18H2. The molecule has 2 saturated heterocycles. The number of para-hydroxylation sites is 1. The number of amides is 1. The first-order chi connectivity index (χ1) is 14.2. The Morgan fingerprint density at radius 2 is 1.83 bits per heavy atom. The van der Waals surface area contributed by atoms with Gasteiger partial charge in [-0.3, -0.25) is 14.8 Å². The van der Waals surface area contributed by atoms with E-state index in [1.54, 1.807) is 6.20 Å². The summed E-state index contributed by atoms with van der Waals surface area (Å²) in [5.41, 5.74) is 3.43. The van der Waals surface area contributed by atoms with Crippen molar-refractivity contribution >= 4 is 22.5 Å². The molecular formula is C24H26N4O. The SMILES string of the molecule is O=C1CCC2(CCCN(c3ccnc4ccccc34)C2)CN1Cc1ccccn1. The highest BCUT2D eigenvalue weighted by molar-refractivity contribution is 5.91. The van der Waals surface area contributed by atoms with Crippen LogP contribution in [0.15, 0.2) is 60.9 Å². The fourth-order valence-corrected chi connectivity index (χ4v) is 5.04. The van der Waals surface area contributed by atoms with Crippen molar-refractivity contribution in [3.8, 4) is 0 Å². The van der Waals surface area contributed by atoms with Gasteiger partial charge in [-0.1, -0.05) is 24.3 Å². The molecule has 2 aliphatic rings. The van der Waals surface area contributed by atoms with Crippen LogP contribution in [0, 0.1) is 5.41 Å². The summed E-state index contributed by atoms with van der Waals surface area (Å²) in [6.07, 6.45) is 7.66. The van der Waals surface area contributed by atoms with Crippen molar-refractivity contribution in [3.05, 3.63) is 66.6 Å². The Kier molecular flexibility index (Phi) is 4.66. The number of piperidine rings is 2. The molecule has 0 aliphatic carbocycles. The van der Waals surface area contributed by atoms with Crippen LogP contribution >= 0.6 is 0 Å². The van der Waals surface area contributed by atoms with Gasteiger partial charge in [0.15, 0.2) is 0 Å². The van der Waals surface area contributed by atoms with Crippen LogP contribution < -0.4 is 4.90 Å². The van der Waals surface area contributed by atoms with Crippen molar-refractivity contribution in [1.29, 1.82) is 0 Å². The van der Waals surface area contributed by atoms with Gasteiger partial charge < -0.3 is 9.80 Å².